The number of nitrogens with one attached hydrogen (secondary N) is 4. The smallest absolute Gasteiger partial charge is 0.193 e. The van der Waals surface area contributed by atoms with Gasteiger partial charge in [-0.2, -0.15) is 0 Å². The van der Waals surface area contributed by atoms with E-state index in [9.17, 15) is 0 Å². The molecule has 1 fully saturated rings. The normalized spacial score (nSPS) is 15.9. The van der Waals surface area contributed by atoms with E-state index in [0.717, 1.165) is 82.2 Å². The van der Waals surface area contributed by atoms with Gasteiger partial charge in [-0.15, -0.1) is 0 Å². The molecular weight excluding hydrogens is 416 g/mol. The molecule has 0 radical (unpaired) electrons. The molecule has 0 aromatic heterocycles. The van der Waals surface area contributed by atoms with Crippen LogP contribution in [0.1, 0.15) is 50.5 Å². The minimum atomic E-state index is 0.0563. The lowest BCUT2D eigenvalue weighted by atomic mass is 10.1. The molecular formula is C24H40N8O. The second-order valence-corrected chi connectivity index (χ2v) is 8.64. The van der Waals surface area contributed by atoms with Crippen LogP contribution in [0.15, 0.2) is 29.3 Å². The van der Waals surface area contributed by atoms with Crippen molar-refractivity contribution in [2.75, 3.05) is 52.4 Å². The van der Waals surface area contributed by atoms with Crippen molar-refractivity contribution in [1.82, 2.24) is 20.4 Å². The molecule has 0 saturated carbocycles. The topological polar surface area (TPSA) is 126 Å². The first-order valence-electron chi connectivity index (χ1n) is 12.3. The maximum absolute atomic E-state index is 8.46. The molecule has 0 amide bonds. The van der Waals surface area contributed by atoms with Crippen molar-refractivity contribution in [3.63, 3.8) is 0 Å². The number of amidine groups is 1. The maximum atomic E-state index is 8.46. The molecule has 182 valence electrons. The molecule has 1 aromatic carbocycles. The fourth-order valence-corrected chi connectivity index (χ4v) is 4.16. The number of guanidine groups is 2. The number of hydrogen-bond acceptors (Lipinski definition) is 5. The Labute approximate surface area is 197 Å². The number of hydrogen-bond donors (Lipinski definition) is 5. The van der Waals surface area contributed by atoms with E-state index in [0.29, 0.717) is 12.6 Å². The number of nitrogens with two attached hydrogens (primary N) is 1. The highest BCUT2D eigenvalue weighted by atomic mass is 16.5. The van der Waals surface area contributed by atoms with E-state index in [1.807, 2.05) is 12.1 Å². The van der Waals surface area contributed by atoms with Gasteiger partial charge in [-0.25, -0.2) is 0 Å². The highest BCUT2D eigenvalue weighted by Gasteiger charge is 2.24. The molecule has 0 bridgehead atoms. The Hall–Kier alpha value is -2.97. The van der Waals surface area contributed by atoms with Gasteiger partial charge in [-0.1, -0.05) is 25.7 Å². The summed E-state index contributed by atoms with van der Waals surface area (Å²) < 4.78 is 5.92. The first-order chi connectivity index (χ1) is 16.1. The van der Waals surface area contributed by atoms with Crippen molar-refractivity contribution in [3.8, 4) is 5.75 Å². The van der Waals surface area contributed by atoms with Crippen molar-refractivity contribution in [3.05, 3.63) is 29.8 Å². The molecule has 0 aliphatic carbocycles. The zero-order valence-electron chi connectivity index (χ0n) is 19.7. The Morgan fingerprint density at radius 1 is 1.03 bits per heavy atom. The quantitative estimate of drug-likeness (QED) is 0.166. The van der Waals surface area contributed by atoms with Crippen LogP contribution in [0, 0.1) is 10.8 Å². The zero-order chi connectivity index (χ0) is 23.3. The van der Waals surface area contributed by atoms with Gasteiger partial charge < -0.3 is 30.9 Å². The SMILES string of the molecule is N=C(N)NCCCCCCCCN1CCN(CCOc2ccc(C3=NCCCN3)cc2)C1=N. The van der Waals surface area contributed by atoms with Crippen molar-refractivity contribution in [2.45, 2.75) is 44.9 Å². The number of aliphatic imine (C=N–C) groups is 1. The Balaban J connectivity index is 1.24. The molecule has 9 nitrogen and oxygen atoms in total. The van der Waals surface area contributed by atoms with Crippen LogP contribution < -0.4 is 21.1 Å². The van der Waals surface area contributed by atoms with Gasteiger partial charge in [0.25, 0.3) is 0 Å². The summed E-state index contributed by atoms with van der Waals surface area (Å²) in [6, 6.07) is 8.09. The molecule has 3 rings (SSSR count). The lowest BCUT2D eigenvalue weighted by molar-refractivity contribution is 0.276. The van der Waals surface area contributed by atoms with Crippen LogP contribution in [0.3, 0.4) is 0 Å². The number of ether oxygens (including phenoxy) is 1. The van der Waals surface area contributed by atoms with Gasteiger partial charge in [0, 0.05) is 44.8 Å². The van der Waals surface area contributed by atoms with Gasteiger partial charge in [0.2, 0.25) is 0 Å². The van der Waals surface area contributed by atoms with Crippen LogP contribution in [0.25, 0.3) is 0 Å². The van der Waals surface area contributed by atoms with Crippen LogP contribution >= 0.6 is 0 Å². The summed E-state index contributed by atoms with van der Waals surface area (Å²) in [4.78, 5) is 8.82. The van der Waals surface area contributed by atoms with Gasteiger partial charge in [0.15, 0.2) is 11.9 Å². The van der Waals surface area contributed by atoms with Crippen molar-refractivity contribution >= 4 is 17.8 Å². The summed E-state index contributed by atoms with van der Waals surface area (Å²) in [5, 5.41) is 21.8. The zero-order valence-corrected chi connectivity index (χ0v) is 19.7. The number of unbranched alkanes of at least 4 members (excludes halogenated alkanes) is 5. The predicted molar refractivity (Wildman–Crippen MR) is 134 cm³/mol. The van der Waals surface area contributed by atoms with E-state index >= 15 is 0 Å². The molecule has 1 saturated heterocycles. The van der Waals surface area contributed by atoms with Crippen LogP contribution in [-0.2, 0) is 0 Å². The van der Waals surface area contributed by atoms with E-state index in [-0.39, 0.29) is 5.96 Å². The van der Waals surface area contributed by atoms with Gasteiger partial charge in [-0.3, -0.25) is 15.8 Å². The van der Waals surface area contributed by atoms with Gasteiger partial charge in [-0.05, 0) is 43.5 Å². The fraction of sp³-hybridized carbons (Fsp3) is 0.625. The molecule has 6 N–H and O–H groups in total. The molecule has 2 aliphatic heterocycles. The minimum Gasteiger partial charge on any atom is -0.492 e. The lowest BCUT2D eigenvalue weighted by Crippen LogP contribution is -2.35. The number of nitrogens with zero attached hydrogens (tertiary/aromatic N) is 3. The van der Waals surface area contributed by atoms with E-state index in [1.54, 1.807) is 0 Å². The van der Waals surface area contributed by atoms with Gasteiger partial charge >= 0.3 is 0 Å². The molecule has 0 spiro atoms. The van der Waals surface area contributed by atoms with Gasteiger partial charge in [0.05, 0.1) is 6.54 Å². The molecule has 0 unspecified atom stereocenters. The van der Waals surface area contributed by atoms with Crippen LogP contribution in [0.4, 0.5) is 0 Å². The average Bonchev–Trinajstić information content (AvgIpc) is 3.18. The monoisotopic (exact) mass is 456 g/mol. The standard InChI is InChI=1S/C24H40N8O/c25-23(26)30-12-5-3-1-2-4-6-15-31-16-17-32(24(31)27)18-19-33-21-10-8-20(9-11-21)22-28-13-7-14-29-22/h8-11,27H,1-7,12-19H2,(H,28,29)(H4,25,26,30). The fourth-order valence-electron chi connectivity index (χ4n) is 4.16. The highest BCUT2D eigenvalue weighted by Crippen LogP contribution is 2.15. The molecule has 2 aliphatic rings. The summed E-state index contributed by atoms with van der Waals surface area (Å²) >= 11 is 0. The molecule has 1 aromatic rings. The molecule has 0 atom stereocenters. The Bertz CT molecular complexity index is 779. The second-order valence-electron chi connectivity index (χ2n) is 8.64. The van der Waals surface area contributed by atoms with Crippen molar-refractivity contribution in [1.29, 1.82) is 10.8 Å². The van der Waals surface area contributed by atoms with Crippen molar-refractivity contribution < 1.29 is 4.74 Å². The van der Waals surface area contributed by atoms with Crippen LogP contribution in [-0.4, -0.2) is 80.0 Å². The number of rotatable bonds is 14. The third kappa shape index (κ3) is 8.47. The Kier molecular flexibility index (Phi) is 10.1. The van der Waals surface area contributed by atoms with Gasteiger partial charge in [0.1, 0.15) is 18.2 Å². The minimum absolute atomic E-state index is 0.0563. The maximum Gasteiger partial charge on any atom is 0.193 e. The van der Waals surface area contributed by atoms with Crippen LogP contribution in [0.5, 0.6) is 5.75 Å². The first-order valence-corrected chi connectivity index (χ1v) is 12.3. The van der Waals surface area contributed by atoms with Crippen molar-refractivity contribution in [2.24, 2.45) is 10.7 Å². The largest absolute Gasteiger partial charge is 0.492 e. The molecule has 33 heavy (non-hydrogen) atoms. The lowest BCUT2D eigenvalue weighted by Gasteiger charge is -2.22. The van der Waals surface area contributed by atoms with E-state index in [2.05, 4.69) is 37.6 Å². The van der Waals surface area contributed by atoms with E-state index in [1.165, 1.54) is 25.7 Å². The van der Waals surface area contributed by atoms with E-state index in [4.69, 9.17) is 21.3 Å². The summed E-state index contributed by atoms with van der Waals surface area (Å²) in [5.74, 6) is 2.52. The summed E-state index contributed by atoms with van der Waals surface area (Å²) in [5.41, 5.74) is 6.37. The third-order valence-corrected chi connectivity index (χ3v) is 6.06. The highest BCUT2D eigenvalue weighted by molar-refractivity contribution is 5.99. The van der Waals surface area contributed by atoms with E-state index < -0.39 is 0 Å². The summed E-state index contributed by atoms with van der Waals surface area (Å²) in [6.07, 6.45) is 8.09. The Morgan fingerprint density at radius 2 is 1.73 bits per heavy atom. The summed E-state index contributed by atoms with van der Waals surface area (Å²) in [7, 11) is 0. The third-order valence-electron chi connectivity index (χ3n) is 6.06. The van der Waals surface area contributed by atoms with Crippen LogP contribution in [0.2, 0.25) is 0 Å². The second kappa shape index (κ2) is 13.5. The summed E-state index contributed by atoms with van der Waals surface area (Å²) in [6.45, 7) is 6.76. The predicted octanol–water partition coefficient (Wildman–Crippen LogP) is 2.18. The molecule has 2 heterocycles. The number of benzene rings is 1. The average molecular weight is 457 g/mol. The molecule has 9 heteroatoms. The Morgan fingerprint density at radius 3 is 2.42 bits per heavy atom. The first kappa shape index (κ1) is 24.7.